The quantitative estimate of drug-likeness (QED) is 0.858. The van der Waals surface area contributed by atoms with Crippen LogP contribution in [0.1, 0.15) is 46.0 Å². The van der Waals surface area contributed by atoms with Crippen LogP contribution in [-0.4, -0.2) is 11.9 Å². The van der Waals surface area contributed by atoms with Gasteiger partial charge in [0.25, 0.3) is 0 Å². The van der Waals surface area contributed by atoms with Gasteiger partial charge in [-0.25, -0.2) is 0 Å². The molecule has 0 spiro atoms. The van der Waals surface area contributed by atoms with Crippen molar-refractivity contribution < 1.29 is 4.79 Å². The van der Waals surface area contributed by atoms with Crippen LogP contribution in [0, 0.1) is 5.92 Å². The van der Waals surface area contributed by atoms with Crippen molar-refractivity contribution in [2.75, 3.05) is 10.6 Å². The summed E-state index contributed by atoms with van der Waals surface area (Å²) in [7, 11) is 0. The molecule has 2 atom stereocenters. The molecule has 104 valence electrons. The molecule has 0 saturated heterocycles. The molecule has 2 N–H and O–H groups in total. The van der Waals surface area contributed by atoms with Crippen LogP contribution in [0.4, 0.5) is 11.4 Å². The van der Waals surface area contributed by atoms with Crippen LogP contribution < -0.4 is 10.6 Å². The molecular formula is C16H24N2O. The first-order valence-electron chi connectivity index (χ1n) is 7.31. The largest absolute Gasteiger partial charge is 0.382 e. The lowest BCUT2D eigenvalue weighted by Crippen LogP contribution is -2.27. The van der Waals surface area contributed by atoms with Gasteiger partial charge in [-0.3, -0.25) is 4.79 Å². The van der Waals surface area contributed by atoms with Crippen molar-refractivity contribution >= 4 is 17.3 Å². The Hall–Kier alpha value is -1.51. The van der Waals surface area contributed by atoms with Crippen molar-refractivity contribution in [3.05, 3.63) is 24.3 Å². The number of amides is 1. The molecule has 0 radical (unpaired) electrons. The highest BCUT2D eigenvalue weighted by Gasteiger charge is 2.20. The van der Waals surface area contributed by atoms with Crippen molar-refractivity contribution in [3.8, 4) is 0 Å². The Morgan fingerprint density at radius 2 is 1.89 bits per heavy atom. The van der Waals surface area contributed by atoms with Crippen molar-refractivity contribution in [1.29, 1.82) is 0 Å². The predicted octanol–water partition coefficient (Wildman–Crippen LogP) is 4.03. The summed E-state index contributed by atoms with van der Waals surface area (Å²) in [6.45, 7) is 3.81. The molecule has 1 aliphatic rings. The van der Waals surface area contributed by atoms with E-state index in [-0.39, 0.29) is 5.91 Å². The third kappa shape index (κ3) is 4.27. The summed E-state index contributed by atoms with van der Waals surface area (Å²) in [5.41, 5.74) is 2.00. The Labute approximate surface area is 115 Å². The van der Waals surface area contributed by atoms with E-state index in [4.69, 9.17) is 0 Å². The third-order valence-electron chi connectivity index (χ3n) is 3.94. The second kappa shape index (κ2) is 6.60. The summed E-state index contributed by atoms with van der Waals surface area (Å²) in [5.74, 6) is 0.851. The van der Waals surface area contributed by atoms with Crippen LogP contribution in [0.3, 0.4) is 0 Å². The lowest BCUT2D eigenvalue weighted by Gasteiger charge is -2.29. The van der Waals surface area contributed by atoms with E-state index in [0.717, 1.165) is 17.3 Å². The molecule has 3 heteroatoms. The van der Waals surface area contributed by atoms with Crippen molar-refractivity contribution in [1.82, 2.24) is 0 Å². The Morgan fingerprint density at radius 3 is 2.53 bits per heavy atom. The molecule has 3 nitrogen and oxygen atoms in total. The van der Waals surface area contributed by atoms with Gasteiger partial charge in [0.2, 0.25) is 5.91 Å². The molecule has 0 bridgehead atoms. The van der Waals surface area contributed by atoms with Gasteiger partial charge in [-0.15, -0.1) is 0 Å². The van der Waals surface area contributed by atoms with Crippen LogP contribution in [-0.2, 0) is 4.79 Å². The van der Waals surface area contributed by atoms with Gasteiger partial charge in [0.1, 0.15) is 0 Å². The molecule has 2 rings (SSSR count). The number of benzene rings is 1. The van der Waals surface area contributed by atoms with Gasteiger partial charge in [-0.05, 0) is 43.0 Å². The maximum absolute atomic E-state index is 11.0. The van der Waals surface area contributed by atoms with Gasteiger partial charge >= 0.3 is 0 Å². The molecule has 1 fully saturated rings. The number of nitrogens with one attached hydrogen (secondary N) is 2. The molecule has 19 heavy (non-hydrogen) atoms. The van der Waals surface area contributed by atoms with E-state index in [1.165, 1.54) is 39.0 Å². The van der Waals surface area contributed by atoms with Crippen molar-refractivity contribution in [2.45, 2.75) is 52.0 Å². The minimum atomic E-state index is -0.0289. The summed E-state index contributed by atoms with van der Waals surface area (Å²) in [6.07, 6.45) is 6.56. The van der Waals surface area contributed by atoms with E-state index in [1.54, 1.807) is 0 Å². The van der Waals surface area contributed by atoms with Gasteiger partial charge in [-0.2, -0.15) is 0 Å². The number of rotatable bonds is 4. The predicted molar refractivity (Wildman–Crippen MR) is 80.4 cm³/mol. The third-order valence-corrected chi connectivity index (χ3v) is 3.94. The van der Waals surface area contributed by atoms with E-state index < -0.39 is 0 Å². The van der Waals surface area contributed by atoms with Crippen LogP contribution >= 0.6 is 0 Å². The van der Waals surface area contributed by atoms with Crippen LogP contribution in [0.15, 0.2) is 24.3 Å². The Balaban J connectivity index is 1.90. The van der Waals surface area contributed by atoms with Crippen LogP contribution in [0.5, 0.6) is 0 Å². The zero-order valence-corrected chi connectivity index (χ0v) is 11.9. The van der Waals surface area contributed by atoms with Crippen molar-refractivity contribution in [3.63, 3.8) is 0 Å². The topological polar surface area (TPSA) is 41.1 Å². The standard InChI is InChI=1S/C16H24N2O/c1-3-13-5-4-6-16(11-13)18-15-9-7-14(8-10-15)17-12(2)19/h7-10,13,16,18H,3-6,11H2,1-2H3,(H,17,19). The first-order valence-corrected chi connectivity index (χ1v) is 7.31. The monoisotopic (exact) mass is 260 g/mol. The summed E-state index contributed by atoms with van der Waals surface area (Å²) in [4.78, 5) is 11.0. The fraction of sp³-hybridized carbons (Fsp3) is 0.562. The first-order chi connectivity index (χ1) is 9.17. The second-order valence-electron chi connectivity index (χ2n) is 5.54. The Morgan fingerprint density at radius 1 is 1.21 bits per heavy atom. The number of hydrogen-bond donors (Lipinski definition) is 2. The molecule has 0 heterocycles. The van der Waals surface area contributed by atoms with E-state index in [0.29, 0.717) is 6.04 Å². The SMILES string of the molecule is CCC1CCCC(Nc2ccc(NC(C)=O)cc2)C1. The first kappa shape index (κ1) is 13.9. The molecule has 2 unspecified atom stereocenters. The summed E-state index contributed by atoms with van der Waals surface area (Å²) in [6, 6.07) is 8.58. The Kier molecular flexibility index (Phi) is 4.83. The molecule has 1 saturated carbocycles. The van der Waals surface area contributed by atoms with Gasteiger partial charge in [0.15, 0.2) is 0 Å². The minimum absolute atomic E-state index is 0.0289. The number of hydrogen-bond acceptors (Lipinski definition) is 2. The maximum atomic E-state index is 11.0. The molecule has 1 amide bonds. The highest BCUT2D eigenvalue weighted by Crippen LogP contribution is 2.28. The number of anilines is 2. The van der Waals surface area contributed by atoms with Gasteiger partial charge in [0.05, 0.1) is 0 Å². The van der Waals surface area contributed by atoms with Gasteiger partial charge in [-0.1, -0.05) is 26.2 Å². The van der Waals surface area contributed by atoms with Gasteiger partial charge < -0.3 is 10.6 Å². The molecule has 1 aliphatic carbocycles. The zero-order chi connectivity index (χ0) is 13.7. The minimum Gasteiger partial charge on any atom is -0.382 e. The summed E-state index contributed by atoms with van der Waals surface area (Å²) >= 11 is 0. The highest BCUT2D eigenvalue weighted by atomic mass is 16.1. The zero-order valence-electron chi connectivity index (χ0n) is 11.9. The van der Waals surface area contributed by atoms with Gasteiger partial charge in [0, 0.05) is 24.3 Å². The number of carbonyl (C=O) groups is 1. The van der Waals surface area contributed by atoms with Crippen LogP contribution in [0.2, 0.25) is 0 Å². The normalized spacial score (nSPS) is 22.8. The average Bonchev–Trinajstić information content (AvgIpc) is 2.41. The summed E-state index contributed by atoms with van der Waals surface area (Å²) in [5, 5.41) is 6.40. The Bertz CT molecular complexity index is 413. The van der Waals surface area contributed by atoms with Crippen molar-refractivity contribution in [2.24, 2.45) is 5.92 Å². The number of carbonyl (C=O) groups excluding carboxylic acids is 1. The molecule has 1 aromatic rings. The smallest absolute Gasteiger partial charge is 0.221 e. The maximum Gasteiger partial charge on any atom is 0.221 e. The highest BCUT2D eigenvalue weighted by molar-refractivity contribution is 5.88. The van der Waals surface area contributed by atoms with Crippen LogP contribution in [0.25, 0.3) is 0 Å². The fourth-order valence-electron chi connectivity index (χ4n) is 2.88. The van der Waals surface area contributed by atoms with E-state index >= 15 is 0 Å². The lowest BCUT2D eigenvalue weighted by molar-refractivity contribution is -0.114. The molecular weight excluding hydrogens is 236 g/mol. The van der Waals surface area contributed by atoms with E-state index in [1.807, 2.05) is 24.3 Å². The van der Waals surface area contributed by atoms with E-state index in [2.05, 4.69) is 17.6 Å². The average molecular weight is 260 g/mol. The summed E-state index contributed by atoms with van der Waals surface area (Å²) < 4.78 is 0. The lowest BCUT2D eigenvalue weighted by atomic mass is 9.84. The molecule has 0 aromatic heterocycles. The molecule has 1 aromatic carbocycles. The second-order valence-corrected chi connectivity index (χ2v) is 5.54. The fourth-order valence-corrected chi connectivity index (χ4v) is 2.88. The molecule has 0 aliphatic heterocycles. The van der Waals surface area contributed by atoms with E-state index in [9.17, 15) is 4.79 Å².